The van der Waals surface area contributed by atoms with Gasteiger partial charge in [-0.1, -0.05) is 72.8 Å². The van der Waals surface area contributed by atoms with Gasteiger partial charge in [-0.15, -0.1) is 0 Å². The third-order valence-corrected chi connectivity index (χ3v) is 11.1. The van der Waals surface area contributed by atoms with Crippen molar-refractivity contribution < 1.29 is 33.2 Å². The van der Waals surface area contributed by atoms with E-state index in [1.807, 2.05) is 12.1 Å². The second-order valence-corrected chi connectivity index (χ2v) is 15.7. The van der Waals surface area contributed by atoms with Gasteiger partial charge in [-0.3, -0.25) is 0 Å². The summed E-state index contributed by atoms with van der Waals surface area (Å²) in [4.78, 5) is 0. The molecule has 0 amide bonds. The molecule has 0 N–H and O–H groups in total. The Bertz CT molecular complexity index is 2160. The Morgan fingerprint density at radius 2 is 0.873 bits per heavy atom. The molecule has 10 rings (SSSR count). The van der Waals surface area contributed by atoms with E-state index in [0.29, 0.717) is 6.10 Å². The van der Waals surface area contributed by atoms with E-state index in [0.717, 1.165) is 90.9 Å². The van der Waals surface area contributed by atoms with Gasteiger partial charge in [-0.2, -0.15) is 0 Å². The average Bonchev–Trinajstić information content (AvgIpc) is 3.96. The third kappa shape index (κ3) is 9.08. The van der Waals surface area contributed by atoms with Gasteiger partial charge in [0.25, 0.3) is 0 Å². The molecule has 3 saturated heterocycles. The van der Waals surface area contributed by atoms with Crippen LogP contribution in [0.5, 0.6) is 23.0 Å². The topological polar surface area (TPSA) is 74.5 Å². The van der Waals surface area contributed by atoms with Gasteiger partial charge in [0.05, 0.1) is 38.1 Å². The van der Waals surface area contributed by atoms with E-state index >= 15 is 0 Å². The van der Waals surface area contributed by atoms with Crippen LogP contribution in [0.4, 0.5) is 0 Å². The van der Waals surface area contributed by atoms with Crippen molar-refractivity contribution in [2.75, 3.05) is 33.4 Å². The molecule has 0 aromatic heterocycles. The first kappa shape index (κ1) is 34.4. The molecule has 0 spiro atoms. The molecule has 7 nitrogen and oxygen atoms in total. The van der Waals surface area contributed by atoms with Crippen LogP contribution in [0.15, 0.2) is 109 Å². The second kappa shape index (κ2) is 15.2. The van der Waals surface area contributed by atoms with Crippen LogP contribution in [0, 0.1) is 5.92 Å². The molecule has 3 aliphatic heterocycles. The number of epoxide rings is 3. The molecule has 1 saturated carbocycles. The second-order valence-electron chi connectivity index (χ2n) is 15.7. The first-order chi connectivity index (χ1) is 27.1. The highest BCUT2D eigenvalue weighted by atomic mass is 16.7. The molecular formula is C48H46O7. The molecule has 1 aliphatic carbocycles. The fraction of sp³-hybridized carbons (Fsp3) is 0.333. The SMILES string of the molecule is c1cc(OCOc2ccc3ccc(CC4CC4)cc3c2)c(CC2CO2)cc1Cc1ccc(OCOc2ccc3ccc(CC4CO4)cc3c2)c(CC2CO2)c1. The predicted octanol–water partition coefficient (Wildman–Crippen LogP) is 9.19. The molecule has 3 unspecified atom stereocenters. The molecule has 55 heavy (non-hydrogen) atoms. The molecule has 0 bridgehead atoms. The number of hydrogen-bond acceptors (Lipinski definition) is 7. The Kier molecular flexibility index (Phi) is 9.52. The fourth-order valence-corrected chi connectivity index (χ4v) is 7.59. The minimum absolute atomic E-state index is 0.124. The number of ether oxygens (including phenoxy) is 7. The van der Waals surface area contributed by atoms with E-state index in [9.17, 15) is 0 Å². The van der Waals surface area contributed by atoms with Gasteiger partial charge in [0.1, 0.15) is 23.0 Å². The van der Waals surface area contributed by atoms with Crippen LogP contribution in [-0.4, -0.2) is 51.7 Å². The van der Waals surface area contributed by atoms with Gasteiger partial charge in [-0.05, 0) is 123 Å². The summed E-state index contributed by atoms with van der Waals surface area (Å²) >= 11 is 0. The van der Waals surface area contributed by atoms with Crippen LogP contribution in [0.25, 0.3) is 21.5 Å². The monoisotopic (exact) mass is 734 g/mol. The predicted molar refractivity (Wildman–Crippen MR) is 213 cm³/mol. The van der Waals surface area contributed by atoms with Crippen molar-refractivity contribution in [1.29, 1.82) is 0 Å². The highest BCUT2D eigenvalue weighted by Gasteiger charge is 2.26. The summed E-state index contributed by atoms with van der Waals surface area (Å²) in [5.74, 6) is 4.12. The lowest BCUT2D eigenvalue weighted by atomic mass is 9.97. The number of hydrogen-bond donors (Lipinski definition) is 0. The summed E-state index contributed by atoms with van der Waals surface area (Å²) in [7, 11) is 0. The normalized spacial score (nSPS) is 19.7. The quantitative estimate of drug-likeness (QED) is 0.0644. The zero-order valence-electron chi connectivity index (χ0n) is 31.0. The minimum atomic E-state index is 0.124. The smallest absolute Gasteiger partial charge is 0.230 e. The van der Waals surface area contributed by atoms with Gasteiger partial charge >= 0.3 is 0 Å². The third-order valence-electron chi connectivity index (χ3n) is 11.1. The summed E-state index contributed by atoms with van der Waals surface area (Å²) in [6, 6.07) is 38.7. The zero-order chi connectivity index (χ0) is 36.6. The van der Waals surface area contributed by atoms with Crippen LogP contribution in [-0.2, 0) is 46.3 Å². The molecule has 0 radical (unpaired) electrons. The summed E-state index contributed by atoms with van der Waals surface area (Å²) < 4.78 is 41.3. The highest BCUT2D eigenvalue weighted by molar-refractivity contribution is 5.85. The summed E-state index contributed by atoms with van der Waals surface area (Å²) in [5, 5.41) is 4.78. The van der Waals surface area contributed by atoms with Gasteiger partial charge in [0, 0.05) is 19.3 Å². The summed E-state index contributed by atoms with van der Waals surface area (Å²) in [6.45, 7) is 2.70. The van der Waals surface area contributed by atoms with Crippen molar-refractivity contribution >= 4 is 21.5 Å². The molecule has 4 fully saturated rings. The molecule has 7 heteroatoms. The Morgan fingerprint density at radius 1 is 0.418 bits per heavy atom. The molecular weight excluding hydrogens is 689 g/mol. The Morgan fingerprint density at radius 3 is 1.36 bits per heavy atom. The van der Waals surface area contributed by atoms with E-state index in [1.165, 1.54) is 57.7 Å². The van der Waals surface area contributed by atoms with Crippen molar-refractivity contribution in [1.82, 2.24) is 0 Å². The van der Waals surface area contributed by atoms with Crippen LogP contribution in [0.1, 0.15) is 46.2 Å². The van der Waals surface area contributed by atoms with Crippen LogP contribution in [0.2, 0.25) is 0 Å². The summed E-state index contributed by atoms with van der Waals surface area (Å²) in [5.41, 5.74) is 7.39. The van der Waals surface area contributed by atoms with Crippen molar-refractivity contribution in [3.8, 4) is 23.0 Å². The van der Waals surface area contributed by atoms with E-state index < -0.39 is 0 Å². The first-order valence-electron chi connectivity index (χ1n) is 19.8. The Hall–Kier alpha value is -5.08. The van der Waals surface area contributed by atoms with Crippen LogP contribution >= 0.6 is 0 Å². The molecule has 6 aromatic carbocycles. The standard InChI is InChI=1S/C48H46O7/c1-2-31(1)15-32-3-7-36-9-11-42(22-38(36)17-32)52-29-54-47-13-5-33(19-40(47)24-45-27-50-45)16-34-6-14-48(41(20-34)25-46-28-51-46)55-30-53-43-12-10-37-8-4-35(18-39(37)23-43)21-44-26-49-44/h3-14,17-20,22-23,31,44-46H,1-2,15-16,21,24-30H2. The Labute approximate surface area is 322 Å². The zero-order valence-corrected chi connectivity index (χ0v) is 31.0. The largest absolute Gasteiger partial charge is 0.457 e. The van der Waals surface area contributed by atoms with Gasteiger partial charge in [0.2, 0.25) is 13.6 Å². The van der Waals surface area contributed by atoms with Gasteiger partial charge in [0.15, 0.2) is 0 Å². The van der Waals surface area contributed by atoms with Crippen molar-refractivity contribution in [3.63, 3.8) is 0 Å². The van der Waals surface area contributed by atoms with Crippen molar-refractivity contribution in [2.24, 2.45) is 5.92 Å². The van der Waals surface area contributed by atoms with E-state index in [4.69, 9.17) is 33.2 Å². The number of benzene rings is 6. The lowest BCUT2D eigenvalue weighted by molar-refractivity contribution is 0.118. The van der Waals surface area contributed by atoms with E-state index in [-0.39, 0.29) is 25.8 Å². The minimum Gasteiger partial charge on any atom is -0.457 e. The molecule has 280 valence electrons. The average molecular weight is 735 g/mol. The maximum Gasteiger partial charge on any atom is 0.230 e. The molecule has 4 aliphatic rings. The van der Waals surface area contributed by atoms with Crippen molar-refractivity contribution in [3.05, 3.63) is 143 Å². The van der Waals surface area contributed by atoms with Gasteiger partial charge in [-0.25, -0.2) is 0 Å². The van der Waals surface area contributed by atoms with Crippen LogP contribution < -0.4 is 18.9 Å². The maximum absolute atomic E-state index is 6.24. The maximum atomic E-state index is 6.24. The van der Waals surface area contributed by atoms with Gasteiger partial charge < -0.3 is 33.2 Å². The highest BCUT2D eigenvalue weighted by Crippen LogP contribution is 2.34. The molecule has 3 heterocycles. The lowest BCUT2D eigenvalue weighted by Crippen LogP contribution is -2.09. The molecule has 6 aromatic rings. The van der Waals surface area contributed by atoms with Crippen LogP contribution in [0.3, 0.4) is 0 Å². The van der Waals surface area contributed by atoms with E-state index in [2.05, 4.69) is 97.1 Å². The first-order valence-corrected chi connectivity index (χ1v) is 19.8. The number of rotatable bonds is 18. The van der Waals surface area contributed by atoms with E-state index in [1.54, 1.807) is 0 Å². The summed E-state index contributed by atoms with van der Waals surface area (Å²) in [6.07, 6.45) is 8.09. The fourth-order valence-electron chi connectivity index (χ4n) is 7.59. The molecule has 3 atom stereocenters. The van der Waals surface area contributed by atoms with Crippen molar-refractivity contribution in [2.45, 2.75) is 63.3 Å². The Balaban J connectivity index is 0.783. The lowest BCUT2D eigenvalue weighted by Gasteiger charge is -2.16. The number of fused-ring (bicyclic) bond motifs is 2.